The molecule has 0 spiro atoms. The highest BCUT2D eigenvalue weighted by Gasteiger charge is 2.25. The minimum Gasteiger partial charge on any atom is -0.344 e. The molecule has 1 rings (SSSR count). The number of carbonyl (C=O) groups is 1. The number of carbonyl (C=O) groups excluding carboxylic acids is 1. The minimum atomic E-state index is 0.117. The maximum Gasteiger partial charge on any atom is 0.224 e. The van der Waals surface area contributed by atoms with Crippen molar-refractivity contribution in [3.8, 4) is 0 Å². The van der Waals surface area contributed by atoms with E-state index in [9.17, 15) is 4.79 Å². The molecular formula is C12H24N2O. The maximum atomic E-state index is 11.7. The first-order valence-corrected chi connectivity index (χ1v) is 6.05. The molecule has 3 heteroatoms. The summed E-state index contributed by atoms with van der Waals surface area (Å²) in [6.07, 6.45) is 2.52. The molecule has 15 heavy (non-hydrogen) atoms. The van der Waals surface area contributed by atoms with Gasteiger partial charge in [-0.3, -0.25) is 9.69 Å². The van der Waals surface area contributed by atoms with Crippen molar-refractivity contribution in [1.82, 2.24) is 9.80 Å². The Labute approximate surface area is 93.4 Å². The Morgan fingerprint density at radius 3 is 2.73 bits per heavy atom. The van der Waals surface area contributed by atoms with Crippen LogP contribution in [0.3, 0.4) is 0 Å². The Morgan fingerprint density at radius 2 is 2.20 bits per heavy atom. The summed E-state index contributed by atoms with van der Waals surface area (Å²) in [7, 11) is 1.93. The van der Waals surface area contributed by atoms with Crippen molar-refractivity contribution in [2.45, 2.75) is 39.7 Å². The SMILES string of the molecule is CCN1CCCC1CN(C)C(=O)C(C)C. The van der Waals surface area contributed by atoms with Gasteiger partial charge in [-0.25, -0.2) is 0 Å². The summed E-state index contributed by atoms with van der Waals surface area (Å²) in [6, 6.07) is 0.586. The van der Waals surface area contributed by atoms with Gasteiger partial charge < -0.3 is 4.90 Å². The zero-order valence-corrected chi connectivity index (χ0v) is 10.5. The molecule has 0 aromatic heterocycles. The molecular weight excluding hydrogens is 188 g/mol. The summed E-state index contributed by atoms with van der Waals surface area (Å²) in [6.45, 7) is 9.32. The van der Waals surface area contributed by atoms with Gasteiger partial charge in [0.15, 0.2) is 0 Å². The van der Waals surface area contributed by atoms with Gasteiger partial charge in [-0.1, -0.05) is 20.8 Å². The molecule has 0 N–H and O–H groups in total. The standard InChI is InChI=1S/C12H24N2O/c1-5-14-8-6-7-11(14)9-13(4)12(15)10(2)3/h10-11H,5-9H2,1-4H3. The van der Waals surface area contributed by atoms with Crippen LogP contribution in [0.2, 0.25) is 0 Å². The van der Waals surface area contributed by atoms with Gasteiger partial charge in [-0.2, -0.15) is 0 Å². The van der Waals surface area contributed by atoms with Crippen LogP contribution in [-0.4, -0.2) is 48.4 Å². The highest BCUT2D eigenvalue weighted by atomic mass is 16.2. The van der Waals surface area contributed by atoms with E-state index in [0.717, 1.165) is 13.1 Å². The monoisotopic (exact) mass is 212 g/mol. The predicted octanol–water partition coefficient (Wildman–Crippen LogP) is 1.59. The Hall–Kier alpha value is -0.570. The van der Waals surface area contributed by atoms with Crippen molar-refractivity contribution in [3.05, 3.63) is 0 Å². The summed E-state index contributed by atoms with van der Waals surface area (Å²) in [5.41, 5.74) is 0. The number of amides is 1. The summed E-state index contributed by atoms with van der Waals surface area (Å²) < 4.78 is 0. The van der Waals surface area contributed by atoms with Crippen LogP contribution in [0.15, 0.2) is 0 Å². The largest absolute Gasteiger partial charge is 0.344 e. The molecule has 0 radical (unpaired) electrons. The summed E-state index contributed by atoms with van der Waals surface area (Å²) in [5, 5.41) is 0. The molecule has 0 aliphatic carbocycles. The number of rotatable bonds is 4. The molecule has 1 aliphatic rings. The molecule has 1 saturated heterocycles. The van der Waals surface area contributed by atoms with Crippen LogP contribution in [0.4, 0.5) is 0 Å². The smallest absolute Gasteiger partial charge is 0.224 e. The number of hydrogen-bond acceptors (Lipinski definition) is 2. The number of hydrogen-bond donors (Lipinski definition) is 0. The Kier molecular flexibility index (Phi) is 4.58. The van der Waals surface area contributed by atoms with E-state index in [1.165, 1.54) is 19.4 Å². The lowest BCUT2D eigenvalue weighted by Crippen LogP contribution is -2.42. The summed E-state index contributed by atoms with van der Waals surface area (Å²) in [4.78, 5) is 16.1. The van der Waals surface area contributed by atoms with Gasteiger partial charge in [0, 0.05) is 25.6 Å². The van der Waals surface area contributed by atoms with Crippen LogP contribution in [0.1, 0.15) is 33.6 Å². The molecule has 1 heterocycles. The molecule has 1 atom stereocenters. The van der Waals surface area contributed by atoms with Gasteiger partial charge in [0.05, 0.1) is 0 Å². The zero-order valence-electron chi connectivity index (χ0n) is 10.5. The second-order valence-electron chi connectivity index (χ2n) is 4.80. The van der Waals surface area contributed by atoms with Gasteiger partial charge >= 0.3 is 0 Å². The minimum absolute atomic E-state index is 0.117. The quantitative estimate of drug-likeness (QED) is 0.706. The first-order chi connectivity index (χ1) is 7.06. The average Bonchev–Trinajstić information content (AvgIpc) is 2.63. The maximum absolute atomic E-state index is 11.7. The van der Waals surface area contributed by atoms with E-state index < -0.39 is 0 Å². The van der Waals surface area contributed by atoms with Crippen molar-refractivity contribution >= 4 is 5.91 Å². The molecule has 3 nitrogen and oxygen atoms in total. The second-order valence-corrected chi connectivity index (χ2v) is 4.80. The molecule has 1 amide bonds. The molecule has 0 saturated carbocycles. The summed E-state index contributed by atoms with van der Waals surface area (Å²) in [5.74, 6) is 0.379. The predicted molar refractivity (Wildman–Crippen MR) is 62.7 cm³/mol. The topological polar surface area (TPSA) is 23.6 Å². The van der Waals surface area contributed by atoms with E-state index in [1.54, 1.807) is 0 Å². The summed E-state index contributed by atoms with van der Waals surface area (Å²) >= 11 is 0. The van der Waals surface area contributed by atoms with Gasteiger partial charge in [-0.05, 0) is 25.9 Å². The Balaban J connectivity index is 2.43. The molecule has 88 valence electrons. The van der Waals surface area contributed by atoms with Crippen LogP contribution in [-0.2, 0) is 4.79 Å². The van der Waals surface area contributed by atoms with Crippen molar-refractivity contribution in [3.63, 3.8) is 0 Å². The van der Waals surface area contributed by atoms with E-state index >= 15 is 0 Å². The lowest BCUT2D eigenvalue weighted by Gasteiger charge is -2.28. The lowest BCUT2D eigenvalue weighted by molar-refractivity contribution is -0.133. The van der Waals surface area contributed by atoms with Gasteiger partial charge in [-0.15, -0.1) is 0 Å². The molecule has 1 fully saturated rings. The average molecular weight is 212 g/mol. The third-order valence-corrected chi connectivity index (χ3v) is 3.26. The van der Waals surface area contributed by atoms with Crippen molar-refractivity contribution in [2.75, 3.05) is 26.7 Å². The van der Waals surface area contributed by atoms with E-state index in [1.807, 2.05) is 25.8 Å². The fraction of sp³-hybridized carbons (Fsp3) is 0.917. The van der Waals surface area contributed by atoms with Crippen LogP contribution < -0.4 is 0 Å². The highest BCUT2D eigenvalue weighted by Crippen LogP contribution is 2.17. The van der Waals surface area contributed by atoms with E-state index in [-0.39, 0.29) is 11.8 Å². The van der Waals surface area contributed by atoms with Gasteiger partial charge in [0.2, 0.25) is 5.91 Å². The van der Waals surface area contributed by atoms with Gasteiger partial charge in [0.1, 0.15) is 0 Å². The Bertz CT molecular complexity index is 216. The van der Waals surface area contributed by atoms with E-state index in [0.29, 0.717) is 6.04 Å². The van der Waals surface area contributed by atoms with Crippen molar-refractivity contribution in [2.24, 2.45) is 5.92 Å². The van der Waals surface area contributed by atoms with E-state index in [2.05, 4.69) is 11.8 Å². The van der Waals surface area contributed by atoms with Crippen LogP contribution in [0, 0.1) is 5.92 Å². The Morgan fingerprint density at radius 1 is 1.53 bits per heavy atom. The number of nitrogens with zero attached hydrogens (tertiary/aromatic N) is 2. The fourth-order valence-corrected chi connectivity index (χ4v) is 2.37. The van der Waals surface area contributed by atoms with Crippen molar-refractivity contribution in [1.29, 1.82) is 0 Å². The zero-order chi connectivity index (χ0) is 11.4. The second kappa shape index (κ2) is 5.50. The van der Waals surface area contributed by atoms with Gasteiger partial charge in [0.25, 0.3) is 0 Å². The fourth-order valence-electron chi connectivity index (χ4n) is 2.37. The molecule has 1 aliphatic heterocycles. The number of likely N-dealkylation sites (N-methyl/N-ethyl adjacent to an activating group) is 2. The molecule has 0 aromatic rings. The van der Waals surface area contributed by atoms with Crippen LogP contribution in [0.25, 0.3) is 0 Å². The van der Waals surface area contributed by atoms with E-state index in [4.69, 9.17) is 0 Å². The van der Waals surface area contributed by atoms with Crippen LogP contribution in [0.5, 0.6) is 0 Å². The molecule has 0 aromatic carbocycles. The molecule has 0 bridgehead atoms. The number of likely N-dealkylation sites (tertiary alicyclic amines) is 1. The molecule has 1 unspecified atom stereocenters. The first kappa shape index (κ1) is 12.5. The third kappa shape index (κ3) is 3.20. The first-order valence-electron chi connectivity index (χ1n) is 6.05. The van der Waals surface area contributed by atoms with Crippen LogP contribution >= 0.6 is 0 Å². The normalized spacial score (nSPS) is 22.3. The third-order valence-electron chi connectivity index (χ3n) is 3.26. The lowest BCUT2D eigenvalue weighted by atomic mass is 10.1. The van der Waals surface area contributed by atoms with Crippen molar-refractivity contribution < 1.29 is 4.79 Å². The highest BCUT2D eigenvalue weighted by molar-refractivity contribution is 5.77.